The van der Waals surface area contributed by atoms with Gasteiger partial charge in [0, 0.05) is 37.9 Å². The number of carbonyl (C=O) groups excluding carboxylic acids is 1. The fraction of sp³-hybridized carbons (Fsp3) is 0. The van der Waals surface area contributed by atoms with Crippen LogP contribution in [0.1, 0.15) is 15.9 Å². The van der Waals surface area contributed by atoms with Crippen LogP contribution in [-0.4, -0.2) is 15.8 Å². The molecule has 0 aliphatic carbocycles. The largest absolute Gasteiger partial charge is 0.345 e. The molecule has 0 atom stereocenters. The smallest absolute Gasteiger partial charge is 0.196 e. The molecule has 6 heteroatoms. The molecular weight excluding hydrogens is 391 g/mol. The molecule has 2 aromatic heterocycles. The Morgan fingerprint density at radius 3 is 2.75 bits per heavy atom. The van der Waals surface area contributed by atoms with Crippen LogP contribution in [0.2, 0.25) is 0 Å². The predicted octanol–water partition coefficient (Wildman–Crippen LogP) is 4.46. The molecule has 0 radical (unpaired) electrons. The van der Waals surface area contributed by atoms with E-state index in [0.717, 1.165) is 9.86 Å². The van der Waals surface area contributed by atoms with Crippen molar-refractivity contribution in [3.8, 4) is 0 Å². The van der Waals surface area contributed by atoms with Crippen LogP contribution in [-0.2, 0) is 0 Å². The van der Waals surface area contributed by atoms with Gasteiger partial charge < -0.3 is 4.98 Å². The highest BCUT2D eigenvalue weighted by Gasteiger charge is 2.17. The molecule has 0 spiro atoms. The zero-order valence-electron chi connectivity index (χ0n) is 9.95. The number of hydrogen-bond donors (Lipinski definition) is 1. The number of aromatic amines is 1. The van der Waals surface area contributed by atoms with Crippen LogP contribution in [0, 0.1) is 5.82 Å². The molecule has 0 aliphatic rings. The standard InChI is InChI=1S/C14H7Br2FN2O/c15-7-3-10-11(6-19-14(10)18-5-7)13(20)9-2-1-8(17)4-12(9)16/h1-6H,(H,18,19). The van der Waals surface area contributed by atoms with Gasteiger partial charge in [0.05, 0.1) is 0 Å². The van der Waals surface area contributed by atoms with Gasteiger partial charge >= 0.3 is 0 Å². The molecule has 1 N–H and O–H groups in total. The number of fused-ring (bicyclic) bond motifs is 1. The number of hydrogen-bond acceptors (Lipinski definition) is 2. The molecule has 0 amide bonds. The van der Waals surface area contributed by atoms with Gasteiger partial charge in [-0.25, -0.2) is 9.37 Å². The number of benzene rings is 1. The van der Waals surface area contributed by atoms with Crippen molar-refractivity contribution in [2.75, 3.05) is 0 Å². The molecule has 3 nitrogen and oxygen atoms in total. The van der Waals surface area contributed by atoms with Gasteiger partial charge in [0.2, 0.25) is 0 Å². The summed E-state index contributed by atoms with van der Waals surface area (Å²) >= 11 is 6.55. The summed E-state index contributed by atoms with van der Waals surface area (Å²) in [5.74, 6) is -0.584. The Hall–Kier alpha value is -1.53. The van der Waals surface area contributed by atoms with Gasteiger partial charge in [-0.2, -0.15) is 0 Å². The predicted molar refractivity (Wildman–Crippen MR) is 81.3 cm³/mol. The van der Waals surface area contributed by atoms with E-state index in [1.165, 1.54) is 18.2 Å². The normalized spacial score (nSPS) is 10.9. The van der Waals surface area contributed by atoms with E-state index in [1.54, 1.807) is 12.4 Å². The summed E-state index contributed by atoms with van der Waals surface area (Å²) in [6.07, 6.45) is 3.27. The molecule has 1 aromatic carbocycles. The average molecular weight is 398 g/mol. The van der Waals surface area contributed by atoms with Crippen LogP contribution in [0.4, 0.5) is 4.39 Å². The maximum atomic E-state index is 13.1. The Kier molecular flexibility index (Phi) is 3.43. The van der Waals surface area contributed by atoms with E-state index in [4.69, 9.17) is 0 Å². The highest BCUT2D eigenvalue weighted by atomic mass is 79.9. The second kappa shape index (κ2) is 5.10. The van der Waals surface area contributed by atoms with Crippen molar-refractivity contribution >= 4 is 48.7 Å². The van der Waals surface area contributed by atoms with Gasteiger partial charge in [-0.05, 0) is 56.1 Å². The molecular formula is C14H7Br2FN2O. The maximum absolute atomic E-state index is 13.1. The van der Waals surface area contributed by atoms with Crippen molar-refractivity contribution < 1.29 is 9.18 Å². The highest BCUT2D eigenvalue weighted by Crippen LogP contribution is 2.26. The van der Waals surface area contributed by atoms with E-state index in [2.05, 4.69) is 41.8 Å². The summed E-state index contributed by atoms with van der Waals surface area (Å²) in [6.45, 7) is 0. The van der Waals surface area contributed by atoms with Crippen LogP contribution in [0.25, 0.3) is 11.0 Å². The topological polar surface area (TPSA) is 45.8 Å². The maximum Gasteiger partial charge on any atom is 0.196 e. The van der Waals surface area contributed by atoms with Crippen molar-refractivity contribution in [1.29, 1.82) is 0 Å². The lowest BCUT2D eigenvalue weighted by atomic mass is 10.0. The number of pyridine rings is 1. The molecule has 3 rings (SSSR count). The first-order valence-corrected chi connectivity index (χ1v) is 7.27. The van der Waals surface area contributed by atoms with Crippen LogP contribution >= 0.6 is 31.9 Å². The molecule has 0 aliphatic heterocycles. The Labute approximate surface area is 130 Å². The summed E-state index contributed by atoms with van der Waals surface area (Å²) in [5, 5.41) is 0.723. The molecule has 0 saturated heterocycles. The first kappa shape index (κ1) is 13.5. The number of rotatable bonds is 2. The first-order valence-electron chi connectivity index (χ1n) is 5.68. The molecule has 0 fully saturated rings. The number of H-pyrrole nitrogens is 1. The number of halogens is 3. The van der Waals surface area contributed by atoms with Crippen LogP contribution in [0.5, 0.6) is 0 Å². The third-order valence-corrected chi connectivity index (χ3v) is 4.01. The zero-order valence-corrected chi connectivity index (χ0v) is 13.1. The van der Waals surface area contributed by atoms with Gasteiger partial charge in [0.15, 0.2) is 5.78 Å². The molecule has 20 heavy (non-hydrogen) atoms. The number of nitrogens with one attached hydrogen (secondary N) is 1. The number of carbonyl (C=O) groups is 1. The van der Waals surface area contributed by atoms with Crippen molar-refractivity contribution in [3.05, 3.63) is 62.5 Å². The average Bonchev–Trinajstić information content (AvgIpc) is 2.81. The fourth-order valence-electron chi connectivity index (χ4n) is 1.98. The third-order valence-electron chi connectivity index (χ3n) is 2.92. The minimum atomic E-state index is -0.392. The number of nitrogens with zero attached hydrogens (tertiary/aromatic N) is 1. The lowest BCUT2D eigenvalue weighted by Crippen LogP contribution is -2.02. The minimum Gasteiger partial charge on any atom is -0.345 e. The van der Waals surface area contributed by atoms with Gasteiger partial charge in [0.1, 0.15) is 11.5 Å². The van der Waals surface area contributed by atoms with E-state index in [1.807, 2.05) is 6.07 Å². The summed E-state index contributed by atoms with van der Waals surface area (Å²) in [6, 6.07) is 5.83. The van der Waals surface area contributed by atoms with Crippen molar-refractivity contribution in [2.24, 2.45) is 0 Å². The third kappa shape index (κ3) is 2.29. The fourth-order valence-corrected chi connectivity index (χ4v) is 2.85. The lowest BCUT2D eigenvalue weighted by Gasteiger charge is -2.03. The molecule has 3 aromatic rings. The second-order valence-electron chi connectivity index (χ2n) is 4.21. The second-order valence-corrected chi connectivity index (χ2v) is 5.98. The monoisotopic (exact) mass is 396 g/mol. The van der Waals surface area contributed by atoms with Crippen molar-refractivity contribution in [2.45, 2.75) is 0 Å². The summed E-state index contributed by atoms with van der Waals surface area (Å²) in [5.41, 5.74) is 1.54. The quantitative estimate of drug-likeness (QED) is 0.649. The van der Waals surface area contributed by atoms with Gasteiger partial charge in [-0.1, -0.05) is 0 Å². The van der Waals surface area contributed by atoms with E-state index in [0.29, 0.717) is 21.2 Å². The highest BCUT2D eigenvalue weighted by molar-refractivity contribution is 9.10. The van der Waals surface area contributed by atoms with Crippen molar-refractivity contribution in [3.63, 3.8) is 0 Å². The first-order chi connectivity index (χ1) is 9.56. The van der Waals surface area contributed by atoms with Gasteiger partial charge in [-0.15, -0.1) is 0 Å². The SMILES string of the molecule is O=C(c1ccc(F)cc1Br)c1c[nH]c2ncc(Br)cc12. The molecule has 0 unspecified atom stereocenters. The van der Waals surface area contributed by atoms with E-state index < -0.39 is 5.82 Å². The van der Waals surface area contributed by atoms with Crippen molar-refractivity contribution in [1.82, 2.24) is 9.97 Å². The minimum absolute atomic E-state index is 0.192. The molecule has 0 bridgehead atoms. The summed E-state index contributed by atoms with van der Waals surface area (Å²) in [7, 11) is 0. The lowest BCUT2D eigenvalue weighted by molar-refractivity contribution is 0.103. The Morgan fingerprint density at radius 2 is 2.00 bits per heavy atom. The zero-order chi connectivity index (χ0) is 14.3. The Bertz CT molecular complexity index is 829. The van der Waals surface area contributed by atoms with Crippen LogP contribution in [0.3, 0.4) is 0 Å². The Balaban J connectivity index is 2.15. The van der Waals surface area contributed by atoms with Gasteiger partial charge in [0.25, 0.3) is 0 Å². The number of ketones is 1. The van der Waals surface area contributed by atoms with E-state index in [9.17, 15) is 9.18 Å². The molecule has 2 heterocycles. The van der Waals surface area contributed by atoms with E-state index in [-0.39, 0.29) is 5.78 Å². The van der Waals surface area contributed by atoms with E-state index >= 15 is 0 Å². The Morgan fingerprint density at radius 1 is 1.20 bits per heavy atom. The van der Waals surface area contributed by atoms with Crippen LogP contribution in [0.15, 0.2) is 45.6 Å². The van der Waals surface area contributed by atoms with Crippen LogP contribution < -0.4 is 0 Å². The molecule has 100 valence electrons. The summed E-state index contributed by atoms with van der Waals surface area (Å²) < 4.78 is 14.3. The molecule has 0 saturated carbocycles. The summed E-state index contributed by atoms with van der Waals surface area (Å²) in [4.78, 5) is 19.7. The van der Waals surface area contributed by atoms with Gasteiger partial charge in [-0.3, -0.25) is 4.79 Å². The number of aromatic nitrogens is 2.